The monoisotopic (exact) mass is 293 g/mol. The second kappa shape index (κ2) is 5.45. The summed E-state index contributed by atoms with van der Waals surface area (Å²) in [6.07, 6.45) is 8.31. The van der Waals surface area contributed by atoms with Crippen LogP contribution < -0.4 is 11.1 Å². The number of fused-ring (bicyclic) bond motifs is 1. The minimum absolute atomic E-state index is 0.0480. The zero-order chi connectivity index (χ0) is 14.2. The van der Waals surface area contributed by atoms with Crippen LogP contribution in [0.25, 0.3) is 0 Å². The maximum atomic E-state index is 12.3. The second-order valence-corrected chi connectivity index (χ2v) is 7.31. The number of anilines is 1. The van der Waals surface area contributed by atoms with Crippen LogP contribution in [-0.2, 0) is 17.6 Å². The number of aryl methyl sites for hydroxylation is 1. The summed E-state index contributed by atoms with van der Waals surface area (Å²) >= 11 is 1.64. The van der Waals surface area contributed by atoms with Crippen LogP contribution in [0.5, 0.6) is 0 Å². The lowest BCUT2D eigenvalue weighted by Crippen LogP contribution is -2.48. The third kappa shape index (κ3) is 2.61. The molecule has 0 unspecified atom stereocenters. The van der Waals surface area contributed by atoms with E-state index in [0.717, 1.165) is 49.6 Å². The van der Waals surface area contributed by atoms with Crippen molar-refractivity contribution in [3.05, 3.63) is 10.6 Å². The average Bonchev–Trinajstić information content (AvgIpc) is 3.04. The van der Waals surface area contributed by atoms with Gasteiger partial charge in [0.25, 0.3) is 0 Å². The molecule has 4 nitrogen and oxygen atoms in total. The van der Waals surface area contributed by atoms with Crippen molar-refractivity contribution in [1.82, 2.24) is 4.98 Å². The molecule has 3 rings (SSSR count). The Labute approximate surface area is 124 Å². The predicted molar refractivity (Wildman–Crippen MR) is 81.9 cm³/mol. The Balaban J connectivity index is 1.70. The molecule has 3 N–H and O–H groups in total. The van der Waals surface area contributed by atoms with Gasteiger partial charge in [-0.1, -0.05) is 26.2 Å². The molecular weight excluding hydrogens is 270 g/mol. The number of hydrogen-bond acceptors (Lipinski definition) is 4. The molecule has 0 bridgehead atoms. The summed E-state index contributed by atoms with van der Waals surface area (Å²) in [5.74, 6) is 0.732. The van der Waals surface area contributed by atoms with E-state index in [1.54, 1.807) is 11.3 Å². The topological polar surface area (TPSA) is 68.0 Å². The first-order valence-corrected chi connectivity index (χ1v) is 8.51. The Hall–Kier alpha value is -0.940. The fourth-order valence-corrected chi connectivity index (χ4v) is 4.42. The van der Waals surface area contributed by atoms with Gasteiger partial charge in [-0.15, -0.1) is 11.3 Å². The Morgan fingerprint density at radius 3 is 2.95 bits per heavy atom. The zero-order valence-corrected chi connectivity index (χ0v) is 12.9. The van der Waals surface area contributed by atoms with Gasteiger partial charge >= 0.3 is 0 Å². The lowest BCUT2D eigenvalue weighted by molar-refractivity contribution is -0.121. The molecule has 1 saturated carbocycles. The third-order valence-electron chi connectivity index (χ3n) is 4.79. The van der Waals surface area contributed by atoms with Gasteiger partial charge in [0, 0.05) is 4.88 Å². The summed E-state index contributed by atoms with van der Waals surface area (Å²) in [5.41, 5.74) is 6.70. The van der Waals surface area contributed by atoms with Crippen molar-refractivity contribution in [2.24, 2.45) is 11.7 Å². The Bertz CT molecular complexity index is 505. The highest BCUT2D eigenvalue weighted by atomic mass is 32.1. The van der Waals surface area contributed by atoms with Crippen LogP contribution >= 0.6 is 11.3 Å². The Kier molecular flexibility index (Phi) is 3.82. The molecule has 1 aromatic rings. The minimum atomic E-state index is -0.669. The quantitative estimate of drug-likeness (QED) is 0.900. The van der Waals surface area contributed by atoms with Gasteiger partial charge in [0.15, 0.2) is 5.13 Å². The molecule has 2 aliphatic rings. The molecular formula is C15H23N3OS. The van der Waals surface area contributed by atoms with Crippen molar-refractivity contribution >= 4 is 22.4 Å². The first kappa shape index (κ1) is 14.0. The van der Waals surface area contributed by atoms with E-state index in [1.165, 1.54) is 23.4 Å². The first-order chi connectivity index (χ1) is 9.60. The number of rotatable bonds is 3. The molecule has 1 fully saturated rings. The highest BCUT2D eigenvalue weighted by molar-refractivity contribution is 7.15. The molecule has 1 atom stereocenters. The van der Waals surface area contributed by atoms with Crippen molar-refractivity contribution in [2.75, 3.05) is 5.32 Å². The number of carbonyl (C=O) groups excluding carboxylic acids is 1. The highest BCUT2D eigenvalue weighted by Crippen LogP contribution is 2.34. The number of thiazole rings is 1. The first-order valence-electron chi connectivity index (χ1n) is 7.69. The average molecular weight is 293 g/mol. The summed E-state index contributed by atoms with van der Waals surface area (Å²) in [6, 6.07) is 0. The van der Waals surface area contributed by atoms with Crippen LogP contribution in [0.1, 0.15) is 56.0 Å². The summed E-state index contributed by atoms with van der Waals surface area (Å²) in [5, 5.41) is 3.70. The Morgan fingerprint density at radius 1 is 1.50 bits per heavy atom. The smallest absolute Gasteiger partial charge is 0.246 e. The van der Waals surface area contributed by atoms with Crippen molar-refractivity contribution < 1.29 is 4.79 Å². The van der Waals surface area contributed by atoms with Crippen LogP contribution in [0, 0.1) is 5.92 Å². The van der Waals surface area contributed by atoms with Crippen LogP contribution in [0.15, 0.2) is 0 Å². The maximum Gasteiger partial charge on any atom is 0.246 e. The fourth-order valence-electron chi connectivity index (χ4n) is 3.30. The normalized spacial score (nSPS) is 24.4. The van der Waals surface area contributed by atoms with Gasteiger partial charge in [-0.2, -0.15) is 0 Å². The van der Waals surface area contributed by atoms with E-state index >= 15 is 0 Å². The Morgan fingerprint density at radius 2 is 2.25 bits per heavy atom. The molecule has 110 valence electrons. The lowest BCUT2D eigenvalue weighted by Gasteiger charge is -2.21. The summed E-state index contributed by atoms with van der Waals surface area (Å²) in [4.78, 5) is 18.3. The van der Waals surface area contributed by atoms with Gasteiger partial charge < -0.3 is 11.1 Å². The number of nitrogens with zero attached hydrogens (tertiary/aromatic N) is 1. The molecule has 1 amide bonds. The van der Waals surface area contributed by atoms with Gasteiger partial charge in [-0.05, 0) is 38.0 Å². The van der Waals surface area contributed by atoms with Gasteiger partial charge in [0.1, 0.15) is 0 Å². The van der Waals surface area contributed by atoms with Crippen LogP contribution in [0.2, 0.25) is 0 Å². The fraction of sp³-hybridized carbons (Fsp3) is 0.733. The lowest BCUT2D eigenvalue weighted by atomic mass is 9.89. The molecule has 0 radical (unpaired) electrons. The van der Waals surface area contributed by atoms with Crippen molar-refractivity contribution in [3.63, 3.8) is 0 Å². The van der Waals surface area contributed by atoms with Crippen molar-refractivity contribution in [1.29, 1.82) is 0 Å². The summed E-state index contributed by atoms with van der Waals surface area (Å²) < 4.78 is 0. The van der Waals surface area contributed by atoms with E-state index < -0.39 is 5.54 Å². The van der Waals surface area contributed by atoms with Gasteiger partial charge in [-0.25, -0.2) is 4.98 Å². The molecule has 1 heterocycles. The van der Waals surface area contributed by atoms with E-state index in [2.05, 4.69) is 17.2 Å². The van der Waals surface area contributed by atoms with E-state index in [0.29, 0.717) is 0 Å². The molecule has 0 saturated heterocycles. The minimum Gasteiger partial charge on any atom is -0.317 e. The van der Waals surface area contributed by atoms with Gasteiger partial charge in [0.05, 0.1) is 11.2 Å². The standard InChI is InChI=1S/C15H23N3OS/c1-2-10-5-6-11-12(9-10)20-14(17-11)18-13(19)15(16)7-3-4-8-15/h10H,2-9,16H2,1H3,(H,17,18,19)/t10-/m0/s1. The van der Waals surface area contributed by atoms with E-state index in [1.807, 2.05) is 0 Å². The van der Waals surface area contributed by atoms with Crippen LogP contribution in [0.4, 0.5) is 5.13 Å². The highest BCUT2D eigenvalue weighted by Gasteiger charge is 2.37. The molecule has 0 aliphatic heterocycles. The largest absolute Gasteiger partial charge is 0.317 e. The molecule has 0 spiro atoms. The molecule has 0 aromatic carbocycles. The number of aromatic nitrogens is 1. The number of nitrogens with one attached hydrogen (secondary N) is 1. The number of amides is 1. The van der Waals surface area contributed by atoms with Crippen molar-refractivity contribution in [3.8, 4) is 0 Å². The number of nitrogens with two attached hydrogens (primary N) is 1. The predicted octanol–water partition coefficient (Wildman–Crippen LogP) is 2.87. The number of hydrogen-bond donors (Lipinski definition) is 2. The van der Waals surface area contributed by atoms with Crippen molar-refractivity contribution in [2.45, 2.75) is 63.8 Å². The molecule has 1 aromatic heterocycles. The summed E-state index contributed by atoms with van der Waals surface area (Å²) in [7, 11) is 0. The SMILES string of the molecule is CC[C@H]1CCc2nc(NC(=O)C3(N)CCCC3)sc2C1. The molecule has 2 aliphatic carbocycles. The molecule has 5 heteroatoms. The maximum absolute atomic E-state index is 12.3. The van der Waals surface area contributed by atoms with E-state index in [4.69, 9.17) is 5.73 Å². The number of carbonyl (C=O) groups is 1. The molecule has 20 heavy (non-hydrogen) atoms. The van der Waals surface area contributed by atoms with Gasteiger partial charge in [-0.3, -0.25) is 4.79 Å². The summed E-state index contributed by atoms with van der Waals surface area (Å²) in [6.45, 7) is 2.25. The van der Waals surface area contributed by atoms with E-state index in [9.17, 15) is 4.79 Å². The third-order valence-corrected chi connectivity index (χ3v) is 5.82. The van der Waals surface area contributed by atoms with Crippen LogP contribution in [0.3, 0.4) is 0 Å². The van der Waals surface area contributed by atoms with Crippen LogP contribution in [-0.4, -0.2) is 16.4 Å². The second-order valence-electron chi connectivity index (χ2n) is 6.22. The zero-order valence-electron chi connectivity index (χ0n) is 12.1. The van der Waals surface area contributed by atoms with E-state index in [-0.39, 0.29) is 5.91 Å². The van der Waals surface area contributed by atoms with Gasteiger partial charge in [0.2, 0.25) is 5.91 Å².